The van der Waals surface area contributed by atoms with E-state index in [4.69, 9.17) is 4.74 Å². The fraction of sp³-hybridized carbons (Fsp3) is 0.933. The molecular weight excluding hydrogens is 379 g/mol. The van der Waals surface area contributed by atoms with Crippen LogP contribution in [-0.4, -0.2) is 63.3 Å². The van der Waals surface area contributed by atoms with Crippen LogP contribution in [0.3, 0.4) is 0 Å². The summed E-state index contributed by atoms with van der Waals surface area (Å²) in [4.78, 5) is 6.88. The summed E-state index contributed by atoms with van der Waals surface area (Å²) in [7, 11) is 3.53. The van der Waals surface area contributed by atoms with Crippen molar-refractivity contribution in [3.05, 3.63) is 0 Å². The monoisotopic (exact) mass is 412 g/mol. The minimum atomic E-state index is 0. The van der Waals surface area contributed by atoms with Crippen molar-refractivity contribution in [1.82, 2.24) is 15.5 Å². The smallest absolute Gasteiger partial charge is 0.191 e. The molecule has 126 valence electrons. The van der Waals surface area contributed by atoms with Gasteiger partial charge in [0, 0.05) is 39.3 Å². The zero-order chi connectivity index (χ0) is 15.0. The van der Waals surface area contributed by atoms with Gasteiger partial charge in [-0.3, -0.25) is 9.89 Å². The molecule has 1 fully saturated rings. The second kappa shape index (κ2) is 11.5. The second-order valence-electron chi connectivity index (χ2n) is 6.14. The summed E-state index contributed by atoms with van der Waals surface area (Å²) >= 11 is 0. The van der Waals surface area contributed by atoms with E-state index in [1.807, 2.05) is 7.05 Å². The zero-order valence-electron chi connectivity index (χ0n) is 14.2. The van der Waals surface area contributed by atoms with Gasteiger partial charge in [-0.05, 0) is 32.2 Å². The van der Waals surface area contributed by atoms with Gasteiger partial charge in [0.25, 0.3) is 0 Å². The van der Waals surface area contributed by atoms with Crippen LogP contribution in [0.4, 0.5) is 0 Å². The van der Waals surface area contributed by atoms with Gasteiger partial charge in [-0.2, -0.15) is 0 Å². The molecule has 0 aromatic rings. The number of methoxy groups -OCH3 is 1. The third-order valence-electron chi connectivity index (χ3n) is 3.63. The Morgan fingerprint density at radius 2 is 2.10 bits per heavy atom. The molecule has 5 nitrogen and oxygen atoms in total. The summed E-state index contributed by atoms with van der Waals surface area (Å²) < 4.78 is 5.13. The Bertz CT molecular complexity index is 299. The van der Waals surface area contributed by atoms with E-state index in [0.717, 1.165) is 18.4 Å². The highest BCUT2D eigenvalue weighted by atomic mass is 127. The Kier molecular flexibility index (Phi) is 11.4. The van der Waals surface area contributed by atoms with Crippen molar-refractivity contribution in [2.24, 2.45) is 10.9 Å². The van der Waals surface area contributed by atoms with E-state index in [1.165, 1.54) is 25.9 Å². The number of nitrogens with one attached hydrogen (secondary N) is 2. The molecule has 1 rings (SSSR count). The standard InChI is InChI=1S/C15H32N4O.HI/c1-12(2)10-19-8-6-7-14(19)9-17-15(16-4)18-13(3)11-20-5;/h12-14H,6-11H2,1-5H3,(H2,16,17,18);1H/t13?,14-;/m1./s1. The molecule has 1 saturated heterocycles. The average Bonchev–Trinajstić information content (AvgIpc) is 2.81. The lowest BCUT2D eigenvalue weighted by molar-refractivity contribution is 0.178. The van der Waals surface area contributed by atoms with Crippen LogP contribution < -0.4 is 10.6 Å². The molecule has 0 aromatic heterocycles. The van der Waals surface area contributed by atoms with Gasteiger partial charge in [0.1, 0.15) is 0 Å². The van der Waals surface area contributed by atoms with Crippen molar-refractivity contribution in [2.75, 3.05) is 40.4 Å². The molecule has 1 heterocycles. The number of aliphatic imine (C=N–C) groups is 1. The molecule has 6 heteroatoms. The van der Waals surface area contributed by atoms with Gasteiger partial charge in [-0.1, -0.05) is 13.8 Å². The number of ether oxygens (including phenoxy) is 1. The Labute approximate surface area is 147 Å². The van der Waals surface area contributed by atoms with E-state index in [1.54, 1.807) is 7.11 Å². The number of likely N-dealkylation sites (tertiary alicyclic amines) is 1. The topological polar surface area (TPSA) is 48.9 Å². The van der Waals surface area contributed by atoms with Crippen molar-refractivity contribution in [3.8, 4) is 0 Å². The lowest BCUT2D eigenvalue weighted by Gasteiger charge is -2.27. The largest absolute Gasteiger partial charge is 0.383 e. The predicted molar refractivity (Wildman–Crippen MR) is 101 cm³/mol. The molecule has 0 aliphatic carbocycles. The van der Waals surface area contributed by atoms with Gasteiger partial charge >= 0.3 is 0 Å². The first kappa shape index (κ1) is 20.9. The van der Waals surface area contributed by atoms with E-state index in [-0.39, 0.29) is 30.0 Å². The number of halogens is 1. The number of hydrogen-bond donors (Lipinski definition) is 2. The highest BCUT2D eigenvalue weighted by molar-refractivity contribution is 14.0. The molecular formula is C15H33IN4O. The van der Waals surface area contributed by atoms with Crippen LogP contribution in [0.5, 0.6) is 0 Å². The first-order valence-electron chi connectivity index (χ1n) is 7.77. The first-order valence-corrected chi connectivity index (χ1v) is 7.77. The lowest BCUT2D eigenvalue weighted by Crippen LogP contribution is -2.48. The molecule has 0 spiro atoms. The second-order valence-corrected chi connectivity index (χ2v) is 6.14. The molecule has 21 heavy (non-hydrogen) atoms. The van der Waals surface area contributed by atoms with Gasteiger partial charge in [-0.25, -0.2) is 0 Å². The quantitative estimate of drug-likeness (QED) is 0.381. The van der Waals surface area contributed by atoms with Crippen molar-refractivity contribution in [1.29, 1.82) is 0 Å². The van der Waals surface area contributed by atoms with Crippen molar-refractivity contribution >= 4 is 29.9 Å². The van der Waals surface area contributed by atoms with Crippen LogP contribution in [-0.2, 0) is 4.74 Å². The predicted octanol–water partition coefficient (Wildman–Crippen LogP) is 1.92. The maximum atomic E-state index is 5.13. The fourth-order valence-corrected chi connectivity index (χ4v) is 2.77. The van der Waals surface area contributed by atoms with E-state index in [2.05, 4.69) is 41.3 Å². The Hall–Kier alpha value is -0.0800. The van der Waals surface area contributed by atoms with Gasteiger partial charge in [-0.15, -0.1) is 24.0 Å². The molecule has 2 atom stereocenters. The van der Waals surface area contributed by atoms with E-state index in [9.17, 15) is 0 Å². The molecule has 1 aliphatic heterocycles. The van der Waals surface area contributed by atoms with E-state index >= 15 is 0 Å². The third-order valence-corrected chi connectivity index (χ3v) is 3.63. The normalized spacial score (nSPS) is 21.2. The Balaban J connectivity index is 0.00000400. The summed E-state index contributed by atoms with van der Waals surface area (Å²) in [6, 6.07) is 0.898. The number of rotatable bonds is 7. The summed E-state index contributed by atoms with van der Waals surface area (Å²) in [5, 5.41) is 6.79. The molecule has 0 saturated carbocycles. The third kappa shape index (κ3) is 8.21. The van der Waals surface area contributed by atoms with Gasteiger partial charge in [0.05, 0.1) is 6.61 Å². The van der Waals surface area contributed by atoms with Crippen LogP contribution in [0, 0.1) is 5.92 Å². The Morgan fingerprint density at radius 1 is 1.38 bits per heavy atom. The van der Waals surface area contributed by atoms with Crippen LogP contribution in [0.15, 0.2) is 4.99 Å². The molecule has 0 aromatic carbocycles. The van der Waals surface area contributed by atoms with E-state index in [0.29, 0.717) is 12.6 Å². The number of guanidine groups is 1. The number of nitrogens with zero attached hydrogens (tertiary/aromatic N) is 2. The highest BCUT2D eigenvalue weighted by Crippen LogP contribution is 2.17. The maximum Gasteiger partial charge on any atom is 0.191 e. The first-order chi connectivity index (χ1) is 9.56. The summed E-state index contributed by atoms with van der Waals surface area (Å²) in [6.45, 7) is 10.7. The van der Waals surface area contributed by atoms with Crippen molar-refractivity contribution in [2.45, 2.75) is 45.7 Å². The van der Waals surface area contributed by atoms with Crippen molar-refractivity contribution in [3.63, 3.8) is 0 Å². The minimum Gasteiger partial charge on any atom is -0.383 e. The molecule has 0 bridgehead atoms. The Morgan fingerprint density at radius 3 is 2.67 bits per heavy atom. The van der Waals surface area contributed by atoms with Crippen LogP contribution in [0.2, 0.25) is 0 Å². The fourth-order valence-electron chi connectivity index (χ4n) is 2.77. The summed E-state index contributed by atoms with van der Waals surface area (Å²) in [5.74, 6) is 1.60. The highest BCUT2D eigenvalue weighted by Gasteiger charge is 2.24. The molecule has 0 radical (unpaired) electrons. The van der Waals surface area contributed by atoms with Crippen LogP contribution in [0.25, 0.3) is 0 Å². The molecule has 2 N–H and O–H groups in total. The van der Waals surface area contributed by atoms with Gasteiger partial charge in [0.2, 0.25) is 0 Å². The zero-order valence-corrected chi connectivity index (χ0v) is 16.5. The van der Waals surface area contributed by atoms with Gasteiger partial charge < -0.3 is 15.4 Å². The molecule has 1 unspecified atom stereocenters. The summed E-state index contributed by atoms with van der Waals surface area (Å²) in [6.07, 6.45) is 2.59. The average molecular weight is 412 g/mol. The van der Waals surface area contributed by atoms with Crippen molar-refractivity contribution < 1.29 is 4.74 Å². The van der Waals surface area contributed by atoms with Crippen LogP contribution >= 0.6 is 24.0 Å². The summed E-state index contributed by atoms with van der Waals surface area (Å²) in [5.41, 5.74) is 0. The minimum absolute atomic E-state index is 0. The maximum absolute atomic E-state index is 5.13. The van der Waals surface area contributed by atoms with Gasteiger partial charge in [0.15, 0.2) is 5.96 Å². The SMILES string of the molecule is CN=C(NC[C@H]1CCCN1CC(C)C)NC(C)COC.I. The molecule has 0 amide bonds. The lowest BCUT2D eigenvalue weighted by atomic mass is 10.1. The number of hydrogen-bond acceptors (Lipinski definition) is 3. The molecule has 1 aliphatic rings. The van der Waals surface area contributed by atoms with Crippen LogP contribution in [0.1, 0.15) is 33.6 Å². The van der Waals surface area contributed by atoms with E-state index < -0.39 is 0 Å².